The van der Waals surface area contributed by atoms with Gasteiger partial charge in [-0.25, -0.2) is 0 Å². The van der Waals surface area contributed by atoms with Gasteiger partial charge in [0.1, 0.15) is 0 Å². The lowest BCUT2D eigenvalue weighted by Gasteiger charge is -2.19. The molecule has 0 bridgehead atoms. The van der Waals surface area contributed by atoms with Gasteiger partial charge in [0.2, 0.25) is 11.8 Å². The molecule has 2 aromatic carbocycles. The van der Waals surface area contributed by atoms with Crippen molar-refractivity contribution in [1.29, 1.82) is 0 Å². The van der Waals surface area contributed by atoms with Crippen LogP contribution in [0.25, 0.3) is 11.1 Å². The lowest BCUT2D eigenvalue weighted by molar-refractivity contribution is -0.126. The number of benzene rings is 2. The van der Waals surface area contributed by atoms with Crippen LogP contribution in [0, 0.1) is 0 Å². The number of carbonyl (C=O) groups is 2. The largest absolute Gasteiger partial charge is 0.368 e. The SMILES string of the molecule is NC(=O)CNC(=O)[C@H](Cc1ccc(-c2ccccc2)cc1)NCP(=O)(O)O. The van der Waals surface area contributed by atoms with Crippen molar-refractivity contribution in [3.63, 3.8) is 0 Å². The van der Waals surface area contributed by atoms with Gasteiger partial charge >= 0.3 is 7.60 Å². The molecule has 1 atom stereocenters. The summed E-state index contributed by atoms with van der Waals surface area (Å²) in [6.07, 6.45) is -0.455. The van der Waals surface area contributed by atoms with Crippen LogP contribution >= 0.6 is 7.60 Å². The van der Waals surface area contributed by atoms with Crippen LogP contribution in [-0.2, 0) is 20.6 Å². The second-order valence-electron chi connectivity index (χ2n) is 6.03. The van der Waals surface area contributed by atoms with E-state index >= 15 is 0 Å². The molecule has 0 saturated carbocycles. The summed E-state index contributed by atoms with van der Waals surface area (Å²) in [5, 5.41) is 4.90. The normalized spacial score (nSPS) is 12.4. The number of carbonyl (C=O) groups excluding carboxylic acids is 2. The maximum Gasteiger partial charge on any atom is 0.339 e. The van der Waals surface area contributed by atoms with Crippen molar-refractivity contribution in [1.82, 2.24) is 10.6 Å². The molecule has 6 N–H and O–H groups in total. The van der Waals surface area contributed by atoms with E-state index in [4.69, 9.17) is 15.5 Å². The van der Waals surface area contributed by atoms with E-state index in [1.54, 1.807) is 0 Å². The van der Waals surface area contributed by atoms with Crippen molar-refractivity contribution in [2.24, 2.45) is 5.73 Å². The van der Waals surface area contributed by atoms with Crippen LogP contribution in [-0.4, -0.2) is 40.5 Å². The zero-order valence-corrected chi connectivity index (χ0v) is 15.4. The third-order valence-electron chi connectivity index (χ3n) is 3.80. The Labute approximate surface area is 156 Å². The van der Waals surface area contributed by atoms with Gasteiger partial charge in [0, 0.05) is 0 Å². The molecule has 0 unspecified atom stereocenters. The molecule has 0 heterocycles. The first-order valence-electron chi connectivity index (χ1n) is 8.23. The third-order valence-corrected chi connectivity index (χ3v) is 4.39. The predicted molar refractivity (Wildman–Crippen MR) is 102 cm³/mol. The Morgan fingerprint density at radius 2 is 1.59 bits per heavy atom. The molecule has 0 fully saturated rings. The van der Waals surface area contributed by atoms with Crippen molar-refractivity contribution in [2.75, 3.05) is 12.8 Å². The Kier molecular flexibility index (Phi) is 7.27. The van der Waals surface area contributed by atoms with Gasteiger partial charge < -0.3 is 20.8 Å². The summed E-state index contributed by atoms with van der Waals surface area (Å²) in [5.41, 5.74) is 7.87. The molecule has 144 valence electrons. The van der Waals surface area contributed by atoms with Gasteiger partial charge in [0.15, 0.2) is 0 Å². The van der Waals surface area contributed by atoms with Gasteiger partial charge in [-0.3, -0.25) is 19.5 Å². The van der Waals surface area contributed by atoms with Crippen LogP contribution < -0.4 is 16.4 Å². The first kappa shape index (κ1) is 20.8. The van der Waals surface area contributed by atoms with E-state index in [0.29, 0.717) is 0 Å². The van der Waals surface area contributed by atoms with Gasteiger partial charge in [0.05, 0.1) is 18.9 Å². The minimum atomic E-state index is -4.33. The fourth-order valence-corrected chi connectivity index (χ4v) is 2.94. The number of hydrogen-bond donors (Lipinski definition) is 5. The molecule has 8 nitrogen and oxygen atoms in total. The number of amides is 2. The fraction of sp³-hybridized carbons (Fsp3) is 0.222. The molecule has 0 aliphatic carbocycles. The topological polar surface area (TPSA) is 142 Å². The maximum atomic E-state index is 12.2. The number of nitrogens with one attached hydrogen (secondary N) is 2. The number of hydrogen-bond acceptors (Lipinski definition) is 4. The lowest BCUT2D eigenvalue weighted by atomic mass is 10.0. The molecule has 9 heteroatoms. The average molecular weight is 391 g/mol. The van der Waals surface area contributed by atoms with Crippen molar-refractivity contribution in [2.45, 2.75) is 12.5 Å². The zero-order valence-electron chi connectivity index (χ0n) is 14.5. The molecule has 0 spiro atoms. The summed E-state index contributed by atoms with van der Waals surface area (Å²) in [5.74, 6) is -1.27. The number of nitrogens with two attached hydrogens (primary N) is 1. The van der Waals surface area contributed by atoms with Crippen molar-refractivity contribution in [3.8, 4) is 11.1 Å². The minimum Gasteiger partial charge on any atom is -0.368 e. The predicted octanol–water partition coefficient (Wildman–Crippen LogP) is 0.591. The van der Waals surface area contributed by atoms with E-state index in [1.807, 2.05) is 54.6 Å². The van der Waals surface area contributed by atoms with Crippen LogP contribution in [0.15, 0.2) is 54.6 Å². The molecule has 0 aromatic heterocycles. The second kappa shape index (κ2) is 9.43. The monoisotopic (exact) mass is 391 g/mol. The van der Waals surface area contributed by atoms with Gasteiger partial charge in [0.25, 0.3) is 0 Å². The Bertz CT molecular complexity index is 821. The Morgan fingerprint density at radius 3 is 2.15 bits per heavy atom. The summed E-state index contributed by atoms with van der Waals surface area (Å²) < 4.78 is 11.1. The molecule has 0 aliphatic rings. The van der Waals surface area contributed by atoms with Crippen molar-refractivity contribution >= 4 is 19.4 Å². The highest BCUT2D eigenvalue weighted by Gasteiger charge is 2.23. The quantitative estimate of drug-likeness (QED) is 0.396. The Balaban J connectivity index is 2.09. The van der Waals surface area contributed by atoms with E-state index in [2.05, 4.69) is 10.6 Å². The maximum absolute atomic E-state index is 12.2. The van der Waals surface area contributed by atoms with Crippen LogP contribution in [0.4, 0.5) is 0 Å². The second-order valence-corrected chi connectivity index (χ2v) is 7.68. The molecule has 27 heavy (non-hydrogen) atoms. The van der Waals surface area contributed by atoms with E-state index < -0.39 is 31.7 Å². The van der Waals surface area contributed by atoms with E-state index in [-0.39, 0.29) is 13.0 Å². The Morgan fingerprint density at radius 1 is 1.00 bits per heavy atom. The molecule has 0 radical (unpaired) electrons. The first-order valence-corrected chi connectivity index (χ1v) is 10.0. The average Bonchev–Trinajstić information content (AvgIpc) is 2.63. The standard InChI is InChI=1S/C18H22N3O5P/c19-17(22)11-20-18(23)16(21-12-27(24,25)26)10-13-6-8-15(9-7-13)14-4-2-1-3-5-14/h1-9,16,21H,10-12H2,(H2,19,22)(H,20,23)(H2,24,25,26)/t16-/m0/s1. The van der Waals surface area contributed by atoms with Gasteiger partial charge in [-0.1, -0.05) is 54.6 Å². The first-order chi connectivity index (χ1) is 12.7. The van der Waals surface area contributed by atoms with Crippen molar-refractivity contribution < 1.29 is 23.9 Å². The number of rotatable bonds is 9. The Hall–Kier alpha value is -2.51. The van der Waals surface area contributed by atoms with E-state index in [1.165, 1.54) is 0 Å². The van der Waals surface area contributed by atoms with E-state index in [0.717, 1.165) is 16.7 Å². The smallest absolute Gasteiger partial charge is 0.339 e. The molecular weight excluding hydrogens is 369 g/mol. The van der Waals surface area contributed by atoms with Crippen LogP contribution in [0.1, 0.15) is 5.56 Å². The fourth-order valence-electron chi connectivity index (χ4n) is 2.48. The van der Waals surface area contributed by atoms with Crippen LogP contribution in [0.3, 0.4) is 0 Å². The summed E-state index contributed by atoms with van der Waals surface area (Å²) >= 11 is 0. The van der Waals surface area contributed by atoms with Gasteiger partial charge in [-0.05, 0) is 23.1 Å². The van der Waals surface area contributed by atoms with E-state index in [9.17, 15) is 14.2 Å². The molecular formula is C18H22N3O5P. The van der Waals surface area contributed by atoms with Crippen LogP contribution in [0.5, 0.6) is 0 Å². The lowest BCUT2D eigenvalue weighted by Crippen LogP contribution is -2.47. The third kappa shape index (κ3) is 7.32. The highest BCUT2D eigenvalue weighted by Crippen LogP contribution is 2.32. The highest BCUT2D eigenvalue weighted by atomic mass is 31.2. The summed E-state index contributed by atoms with van der Waals surface area (Å²) in [6.45, 7) is -0.347. The summed E-state index contributed by atoms with van der Waals surface area (Å²) in [7, 11) is -4.33. The molecule has 2 rings (SSSR count). The minimum absolute atomic E-state index is 0.194. The van der Waals surface area contributed by atoms with Gasteiger partial charge in [-0.15, -0.1) is 0 Å². The molecule has 0 aliphatic heterocycles. The molecule has 2 amide bonds. The highest BCUT2D eigenvalue weighted by molar-refractivity contribution is 7.51. The van der Waals surface area contributed by atoms with Crippen LogP contribution in [0.2, 0.25) is 0 Å². The van der Waals surface area contributed by atoms with Crippen molar-refractivity contribution in [3.05, 3.63) is 60.2 Å². The molecule has 2 aromatic rings. The zero-order chi connectivity index (χ0) is 19.9. The van der Waals surface area contributed by atoms with Gasteiger partial charge in [-0.2, -0.15) is 0 Å². The summed E-state index contributed by atoms with van der Waals surface area (Å²) in [4.78, 5) is 41.1. The number of primary amides is 1. The summed E-state index contributed by atoms with van der Waals surface area (Å²) in [6, 6.07) is 16.4. The molecule has 0 saturated heterocycles.